The van der Waals surface area contributed by atoms with Gasteiger partial charge in [0.2, 0.25) is 0 Å². The molecule has 1 aliphatic rings. The van der Waals surface area contributed by atoms with E-state index in [-0.39, 0.29) is 5.92 Å². The van der Waals surface area contributed by atoms with E-state index in [0.717, 1.165) is 18.4 Å². The Kier molecular flexibility index (Phi) is 3.64. The molecular weight excluding hydrogens is 218 g/mol. The van der Waals surface area contributed by atoms with Gasteiger partial charge >= 0.3 is 6.09 Å². The summed E-state index contributed by atoms with van der Waals surface area (Å²) in [6.07, 6.45) is 0.231. The number of likely N-dealkylation sites (tertiary alicyclic amines) is 1. The highest BCUT2D eigenvalue weighted by Gasteiger charge is 2.28. The number of benzene rings is 1. The number of hydrogen-bond acceptors (Lipinski definition) is 2. The fourth-order valence-electron chi connectivity index (χ4n) is 2.36. The molecule has 0 bridgehead atoms. The summed E-state index contributed by atoms with van der Waals surface area (Å²) in [5.74, 6) is 0.00208. The molecule has 4 heteroatoms. The van der Waals surface area contributed by atoms with Gasteiger partial charge in [0, 0.05) is 19.0 Å². The molecule has 1 unspecified atom stereocenters. The predicted molar refractivity (Wildman–Crippen MR) is 63.7 cm³/mol. The lowest BCUT2D eigenvalue weighted by atomic mass is 9.89. The number of aliphatic hydroxyl groups is 1. The Labute approximate surface area is 100 Å². The van der Waals surface area contributed by atoms with E-state index in [1.54, 1.807) is 0 Å². The summed E-state index contributed by atoms with van der Waals surface area (Å²) in [4.78, 5) is 12.3. The summed E-state index contributed by atoms with van der Waals surface area (Å²) in [6.45, 7) is 0.999. The van der Waals surface area contributed by atoms with Crippen molar-refractivity contribution in [1.29, 1.82) is 0 Å². The van der Waals surface area contributed by atoms with Crippen molar-refractivity contribution in [2.45, 2.75) is 18.9 Å². The van der Waals surface area contributed by atoms with Crippen LogP contribution in [0.25, 0.3) is 0 Å². The molecule has 2 N–H and O–H groups in total. The maximum absolute atomic E-state index is 10.9. The summed E-state index contributed by atoms with van der Waals surface area (Å²) in [5, 5.41) is 19.2. The number of carboxylic acid groups (broad SMARTS) is 1. The maximum Gasteiger partial charge on any atom is 0.407 e. The average molecular weight is 235 g/mol. The van der Waals surface area contributed by atoms with Crippen LogP contribution in [0.3, 0.4) is 0 Å². The van der Waals surface area contributed by atoms with E-state index in [0.29, 0.717) is 13.1 Å². The first kappa shape index (κ1) is 11.9. The molecule has 1 fully saturated rings. The molecule has 2 rings (SSSR count). The van der Waals surface area contributed by atoms with Crippen LogP contribution in [0.5, 0.6) is 0 Å². The van der Waals surface area contributed by atoms with Crippen LogP contribution in [0.4, 0.5) is 4.79 Å². The van der Waals surface area contributed by atoms with E-state index in [1.807, 2.05) is 30.3 Å². The largest absolute Gasteiger partial charge is 0.465 e. The fourth-order valence-corrected chi connectivity index (χ4v) is 2.36. The van der Waals surface area contributed by atoms with E-state index in [2.05, 4.69) is 0 Å². The third-order valence-electron chi connectivity index (χ3n) is 3.32. The molecule has 0 spiro atoms. The second-order valence-corrected chi connectivity index (χ2v) is 4.49. The van der Waals surface area contributed by atoms with Gasteiger partial charge < -0.3 is 15.1 Å². The third kappa shape index (κ3) is 2.77. The van der Waals surface area contributed by atoms with Crippen molar-refractivity contribution < 1.29 is 15.0 Å². The molecule has 2 atom stereocenters. The average Bonchev–Trinajstić information content (AvgIpc) is 2.39. The van der Waals surface area contributed by atoms with Crippen LogP contribution in [0.15, 0.2) is 30.3 Å². The standard InChI is InChI=1S/C13H17NO3/c15-12(10-5-2-1-3-6-10)11-7-4-8-14(9-11)13(16)17/h1-3,5-6,11-12,15H,4,7-9H2,(H,16,17)/t11?,12-/m0/s1. The highest BCUT2D eigenvalue weighted by molar-refractivity contribution is 5.65. The number of rotatable bonds is 2. The van der Waals surface area contributed by atoms with Crippen LogP contribution in [0, 0.1) is 5.92 Å². The number of nitrogens with zero attached hydrogens (tertiary/aromatic N) is 1. The molecule has 0 saturated carbocycles. The molecule has 0 radical (unpaired) electrons. The SMILES string of the molecule is O=C(O)N1CCCC([C@@H](O)c2ccccc2)C1. The lowest BCUT2D eigenvalue weighted by Gasteiger charge is -2.33. The number of aliphatic hydroxyl groups excluding tert-OH is 1. The van der Waals surface area contributed by atoms with Crippen LogP contribution in [0.1, 0.15) is 24.5 Å². The van der Waals surface area contributed by atoms with Crippen LogP contribution in [-0.2, 0) is 0 Å². The highest BCUT2D eigenvalue weighted by Crippen LogP contribution is 2.29. The van der Waals surface area contributed by atoms with Crippen molar-refractivity contribution in [3.05, 3.63) is 35.9 Å². The summed E-state index contributed by atoms with van der Waals surface area (Å²) in [5.41, 5.74) is 0.865. The van der Waals surface area contributed by atoms with Crippen LogP contribution in [-0.4, -0.2) is 34.3 Å². The Morgan fingerprint density at radius 1 is 1.35 bits per heavy atom. The van der Waals surface area contributed by atoms with Crippen molar-refractivity contribution in [2.24, 2.45) is 5.92 Å². The molecule has 0 aromatic heterocycles. The van der Waals surface area contributed by atoms with Gasteiger partial charge in [-0.15, -0.1) is 0 Å². The highest BCUT2D eigenvalue weighted by atomic mass is 16.4. The molecule has 1 aliphatic heterocycles. The molecule has 1 saturated heterocycles. The molecule has 17 heavy (non-hydrogen) atoms. The second-order valence-electron chi connectivity index (χ2n) is 4.49. The minimum atomic E-state index is -0.894. The normalized spacial score (nSPS) is 22.2. The number of hydrogen-bond donors (Lipinski definition) is 2. The first-order chi connectivity index (χ1) is 8.18. The van der Waals surface area contributed by atoms with Crippen LogP contribution in [0.2, 0.25) is 0 Å². The Hall–Kier alpha value is -1.55. The molecule has 1 heterocycles. The number of piperidine rings is 1. The van der Waals surface area contributed by atoms with Gasteiger partial charge in [-0.1, -0.05) is 30.3 Å². The van der Waals surface area contributed by atoms with E-state index < -0.39 is 12.2 Å². The van der Waals surface area contributed by atoms with Crippen LogP contribution >= 0.6 is 0 Å². The molecule has 1 aromatic rings. The lowest BCUT2D eigenvalue weighted by molar-refractivity contribution is 0.0503. The first-order valence-electron chi connectivity index (χ1n) is 5.89. The summed E-state index contributed by atoms with van der Waals surface area (Å²) >= 11 is 0. The first-order valence-corrected chi connectivity index (χ1v) is 5.89. The van der Waals surface area contributed by atoms with Crippen molar-refractivity contribution in [3.63, 3.8) is 0 Å². The molecule has 92 valence electrons. The fraction of sp³-hybridized carbons (Fsp3) is 0.462. The zero-order valence-corrected chi connectivity index (χ0v) is 9.62. The maximum atomic E-state index is 10.9. The Morgan fingerprint density at radius 3 is 2.71 bits per heavy atom. The topological polar surface area (TPSA) is 60.8 Å². The van der Waals surface area contributed by atoms with Gasteiger partial charge in [-0.25, -0.2) is 4.79 Å². The molecule has 1 amide bonds. The number of carbonyl (C=O) groups is 1. The summed E-state index contributed by atoms with van der Waals surface area (Å²) in [6, 6.07) is 9.43. The zero-order valence-electron chi connectivity index (χ0n) is 9.62. The predicted octanol–water partition coefficient (Wildman–Crippen LogP) is 2.11. The van der Waals surface area contributed by atoms with Gasteiger partial charge in [0.15, 0.2) is 0 Å². The van der Waals surface area contributed by atoms with Gasteiger partial charge in [-0.3, -0.25) is 0 Å². The lowest BCUT2D eigenvalue weighted by Crippen LogP contribution is -2.40. The smallest absolute Gasteiger partial charge is 0.407 e. The van der Waals surface area contributed by atoms with Crippen molar-refractivity contribution >= 4 is 6.09 Å². The molecular formula is C13H17NO3. The van der Waals surface area contributed by atoms with Crippen molar-refractivity contribution in [2.75, 3.05) is 13.1 Å². The van der Waals surface area contributed by atoms with E-state index in [9.17, 15) is 9.90 Å². The summed E-state index contributed by atoms with van der Waals surface area (Å²) in [7, 11) is 0. The quantitative estimate of drug-likeness (QED) is 0.825. The minimum absolute atomic E-state index is 0.00208. The van der Waals surface area contributed by atoms with Gasteiger partial charge in [0.05, 0.1) is 6.10 Å². The molecule has 4 nitrogen and oxygen atoms in total. The van der Waals surface area contributed by atoms with E-state index in [1.165, 1.54) is 4.90 Å². The second kappa shape index (κ2) is 5.19. The Balaban J connectivity index is 2.05. The number of amides is 1. The van der Waals surface area contributed by atoms with Crippen LogP contribution < -0.4 is 0 Å². The van der Waals surface area contributed by atoms with Gasteiger partial charge in [0.25, 0.3) is 0 Å². The van der Waals surface area contributed by atoms with Crippen molar-refractivity contribution in [3.8, 4) is 0 Å². The summed E-state index contributed by atoms with van der Waals surface area (Å²) < 4.78 is 0. The van der Waals surface area contributed by atoms with Gasteiger partial charge in [0.1, 0.15) is 0 Å². The van der Waals surface area contributed by atoms with Gasteiger partial charge in [-0.2, -0.15) is 0 Å². The molecule has 0 aliphatic carbocycles. The van der Waals surface area contributed by atoms with Gasteiger partial charge in [-0.05, 0) is 18.4 Å². The minimum Gasteiger partial charge on any atom is -0.465 e. The Morgan fingerprint density at radius 2 is 2.06 bits per heavy atom. The Bertz CT molecular complexity index is 380. The van der Waals surface area contributed by atoms with E-state index in [4.69, 9.17) is 5.11 Å². The monoisotopic (exact) mass is 235 g/mol. The molecule has 1 aromatic carbocycles. The van der Waals surface area contributed by atoms with Crippen molar-refractivity contribution in [1.82, 2.24) is 4.90 Å². The third-order valence-corrected chi connectivity index (χ3v) is 3.32. The zero-order chi connectivity index (χ0) is 12.3. The van der Waals surface area contributed by atoms with E-state index >= 15 is 0 Å².